The van der Waals surface area contributed by atoms with Crippen LogP contribution in [0.1, 0.15) is 30.2 Å². The van der Waals surface area contributed by atoms with Crippen LogP contribution < -0.4 is 5.32 Å². The molecule has 162 valence electrons. The summed E-state index contributed by atoms with van der Waals surface area (Å²) in [5.41, 5.74) is 0.732. The minimum atomic E-state index is -3.65. The van der Waals surface area contributed by atoms with Gasteiger partial charge >= 0.3 is 0 Å². The van der Waals surface area contributed by atoms with Gasteiger partial charge in [-0.05, 0) is 48.4 Å². The highest BCUT2D eigenvalue weighted by Crippen LogP contribution is 2.46. The summed E-state index contributed by atoms with van der Waals surface area (Å²) in [5.74, 6) is -0.435. The maximum atomic E-state index is 13.3. The second-order valence-corrected chi connectivity index (χ2v) is 11.1. The van der Waals surface area contributed by atoms with Crippen LogP contribution >= 0.6 is 11.3 Å². The quantitative estimate of drug-likeness (QED) is 0.737. The van der Waals surface area contributed by atoms with Gasteiger partial charge in [-0.1, -0.05) is 25.1 Å². The molecule has 1 aromatic heterocycles. The number of rotatable bonds is 6. The van der Waals surface area contributed by atoms with Crippen LogP contribution in [0, 0.1) is 11.3 Å². The van der Waals surface area contributed by atoms with Gasteiger partial charge in [-0.15, -0.1) is 11.3 Å². The zero-order valence-electron chi connectivity index (χ0n) is 17.2. The number of nitrogens with zero attached hydrogens (tertiary/aromatic N) is 1. The van der Waals surface area contributed by atoms with Crippen LogP contribution in [0.15, 0.2) is 46.7 Å². The molecule has 2 aliphatic heterocycles. The normalized spacial score (nSPS) is 21.7. The summed E-state index contributed by atoms with van der Waals surface area (Å²) in [6.07, 6.45) is 2.26. The molecule has 3 heterocycles. The molecule has 1 N–H and O–H groups in total. The fourth-order valence-electron chi connectivity index (χ4n) is 4.51. The molecule has 1 aromatic carbocycles. The van der Waals surface area contributed by atoms with E-state index in [1.54, 1.807) is 23.5 Å². The van der Waals surface area contributed by atoms with Gasteiger partial charge in [0.15, 0.2) is 0 Å². The number of nitrogens with one attached hydrogen (secondary N) is 1. The molecule has 0 unspecified atom stereocenters. The Hall–Kier alpha value is -1.74. The molecule has 30 heavy (non-hydrogen) atoms. The SMILES string of the molecule is CCc1ccc(S(=O)(=O)N2C[C@H](C(=O)NCc3cccs3)C3(CCOCC3)C2)cc1. The van der Waals surface area contributed by atoms with Gasteiger partial charge in [0.2, 0.25) is 15.9 Å². The Morgan fingerprint density at radius 1 is 1.23 bits per heavy atom. The molecule has 1 atom stereocenters. The summed E-state index contributed by atoms with van der Waals surface area (Å²) < 4.78 is 33.7. The summed E-state index contributed by atoms with van der Waals surface area (Å²) in [6, 6.07) is 11.0. The van der Waals surface area contributed by atoms with Crippen molar-refractivity contribution in [2.75, 3.05) is 26.3 Å². The van der Waals surface area contributed by atoms with E-state index in [9.17, 15) is 13.2 Å². The second kappa shape index (κ2) is 8.78. The van der Waals surface area contributed by atoms with Crippen molar-refractivity contribution in [2.24, 2.45) is 11.3 Å². The number of benzene rings is 1. The Morgan fingerprint density at radius 2 is 1.97 bits per heavy atom. The van der Waals surface area contributed by atoms with Crippen LogP contribution in [0.5, 0.6) is 0 Å². The number of aryl methyl sites for hydroxylation is 1. The van der Waals surface area contributed by atoms with Crippen LogP contribution in [0.4, 0.5) is 0 Å². The molecule has 4 rings (SSSR count). The smallest absolute Gasteiger partial charge is 0.243 e. The van der Waals surface area contributed by atoms with Crippen LogP contribution in [0.2, 0.25) is 0 Å². The highest BCUT2D eigenvalue weighted by Gasteiger charge is 2.53. The Labute approximate surface area is 182 Å². The molecule has 0 saturated carbocycles. The first-order chi connectivity index (χ1) is 14.4. The third kappa shape index (κ3) is 4.19. The van der Waals surface area contributed by atoms with Crippen molar-refractivity contribution in [3.05, 3.63) is 52.2 Å². The van der Waals surface area contributed by atoms with Crippen LogP contribution in [-0.4, -0.2) is 44.9 Å². The van der Waals surface area contributed by atoms with Crippen molar-refractivity contribution in [1.29, 1.82) is 0 Å². The second-order valence-electron chi connectivity index (χ2n) is 8.12. The average Bonchev–Trinajstić information content (AvgIpc) is 3.41. The van der Waals surface area contributed by atoms with E-state index in [1.807, 2.05) is 36.6 Å². The van der Waals surface area contributed by atoms with Gasteiger partial charge in [-0.2, -0.15) is 4.31 Å². The lowest BCUT2D eigenvalue weighted by molar-refractivity contribution is -0.130. The van der Waals surface area contributed by atoms with Crippen molar-refractivity contribution in [3.8, 4) is 0 Å². The predicted molar refractivity (Wildman–Crippen MR) is 117 cm³/mol. The number of amides is 1. The molecule has 2 aromatic rings. The Kier molecular flexibility index (Phi) is 6.29. The summed E-state index contributed by atoms with van der Waals surface area (Å²) in [4.78, 5) is 14.5. The fourth-order valence-corrected chi connectivity index (χ4v) is 6.70. The van der Waals surface area contributed by atoms with Crippen molar-refractivity contribution < 1.29 is 17.9 Å². The van der Waals surface area contributed by atoms with Gasteiger partial charge in [0, 0.05) is 36.6 Å². The van der Waals surface area contributed by atoms with E-state index in [2.05, 4.69) is 5.32 Å². The molecular formula is C22H28N2O4S2. The summed E-state index contributed by atoms with van der Waals surface area (Å²) in [5, 5.41) is 5.02. The number of carbonyl (C=O) groups is 1. The summed E-state index contributed by atoms with van der Waals surface area (Å²) in [6.45, 7) is 4.23. The van der Waals surface area contributed by atoms with E-state index in [0.29, 0.717) is 44.0 Å². The summed E-state index contributed by atoms with van der Waals surface area (Å²) in [7, 11) is -3.65. The largest absolute Gasteiger partial charge is 0.381 e. The van der Waals surface area contributed by atoms with E-state index in [-0.39, 0.29) is 23.8 Å². The van der Waals surface area contributed by atoms with E-state index in [1.165, 1.54) is 4.31 Å². The number of ether oxygens (including phenoxy) is 1. The maximum Gasteiger partial charge on any atom is 0.243 e. The van der Waals surface area contributed by atoms with E-state index in [4.69, 9.17) is 4.74 Å². The van der Waals surface area contributed by atoms with Crippen LogP contribution in [-0.2, 0) is 32.5 Å². The van der Waals surface area contributed by atoms with Gasteiger partial charge in [-0.3, -0.25) is 4.79 Å². The highest BCUT2D eigenvalue weighted by atomic mass is 32.2. The third-order valence-electron chi connectivity index (χ3n) is 6.41. The topological polar surface area (TPSA) is 75.7 Å². The first-order valence-electron chi connectivity index (χ1n) is 10.4. The van der Waals surface area contributed by atoms with Gasteiger partial charge in [-0.25, -0.2) is 8.42 Å². The lowest BCUT2D eigenvalue weighted by Gasteiger charge is -2.37. The Bertz CT molecular complexity index is 965. The molecule has 0 aliphatic carbocycles. The molecule has 1 amide bonds. The maximum absolute atomic E-state index is 13.3. The molecule has 0 bridgehead atoms. The molecule has 2 saturated heterocycles. The Balaban J connectivity index is 1.56. The molecule has 0 radical (unpaired) electrons. The van der Waals surface area contributed by atoms with Gasteiger partial charge < -0.3 is 10.1 Å². The van der Waals surface area contributed by atoms with E-state index < -0.39 is 10.0 Å². The zero-order valence-corrected chi connectivity index (χ0v) is 18.8. The van der Waals surface area contributed by atoms with Crippen LogP contribution in [0.3, 0.4) is 0 Å². The van der Waals surface area contributed by atoms with E-state index >= 15 is 0 Å². The molecule has 8 heteroatoms. The number of hydrogen-bond donors (Lipinski definition) is 1. The first-order valence-corrected chi connectivity index (χ1v) is 12.7. The zero-order chi connectivity index (χ0) is 21.2. The Morgan fingerprint density at radius 3 is 2.60 bits per heavy atom. The average molecular weight is 449 g/mol. The number of carbonyl (C=O) groups excluding carboxylic acids is 1. The molecular weight excluding hydrogens is 420 g/mol. The van der Waals surface area contributed by atoms with Crippen molar-refractivity contribution >= 4 is 27.3 Å². The predicted octanol–water partition coefficient (Wildman–Crippen LogP) is 3.04. The monoisotopic (exact) mass is 448 g/mol. The van der Waals surface area contributed by atoms with Gasteiger partial charge in [0.1, 0.15) is 0 Å². The standard InChI is InChI=1S/C22H28N2O4S2/c1-2-17-5-7-19(8-6-17)30(26,27)24-15-20(22(16-24)9-11-28-12-10-22)21(25)23-14-18-4-3-13-29-18/h3-8,13,20H,2,9-12,14-16H2,1H3,(H,23,25)/t20-/m1/s1. The minimum Gasteiger partial charge on any atom is -0.381 e. The lowest BCUT2D eigenvalue weighted by atomic mass is 9.72. The number of sulfonamides is 1. The molecule has 6 nitrogen and oxygen atoms in total. The van der Waals surface area contributed by atoms with E-state index in [0.717, 1.165) is 16.9 Å². The fraction of sp³-hybridized carbons (Fsp3) is 0.500. The number of thiophene rings is 1. The lowest BCUT2D eigenvalue weighted by Crippen LogP contribution is -2.44. The van der Waals surface area contributed by atoms with Crippen molar-refractivity contribution in [1.82, 2.24) is 9.62 Å². The molecule has 2 aliphatic rings. The first kappa shape index (κ1) is 21.5. The highest BCUT2D eigenvalue weighted by molar-refractivity contribution is 7.89. The summed E-state index contributed by atoms with van der Waals surface area (Å²) >= 11 is 1.60. The van der Waals surface area contributed by atoms with Crippen LogP contribution in [0.25, 0.3) is 0 Å². The minimum absolute atomic E-state index is 0.0654. The molecule has 1 spiro atoms. The van der Waals surface area contributed by atoms with Gasteiger partial charge in [0.25, 0.3) is 0 Å². The van der Waals surface area contributed by atoms with Crippen molar-refractivity contribution in [3.63, 3.8) is 0 Å². The number of hydrogen-bond acceptors (Lipinski definition) is 5. The third-order valence-corrected chi connectivity index (χ3v) is 9.11. The van der Waals surface area contributed by atoms with Gasteiger partial charge in [0.05, 0.1) is 17.4 Å². The molecule has 2 fully saturated rings. The van der Waals surface area contributed by atoms with Crippen molar-refractivity contribution in [2.45, 2.75) is 37.6 Å².